The quantitative estimate of drug-likeness (QED) is 0.479. The summed E-state index contributed by atoms with van der Waals surface area (Å²) in [5.74, 6) is 7.05. The predicted octanol–water partition coefficient (Wildman–Crippen LogP) is 5.25. The number of aromatic nitrogens is 1. The molecule has 180 valence electrons. The fraction of sp³-hybridized carbons (Fsp3) is 0.286. The van der Waals surface area contributed by atoms with Crippen LogP contribution in [0.1, 0.15) is 24.1 Å². The Balaban J connectivity index is 1.24. The fourth-order valence-corrected chi connectivity index (χ4v) is 4.17. The number of piperidine rings is 1. The highest BCUT2D eigenvalue weighted by atomic mass is 35.5. The Morgan fingerprint density at radius 1 is 1.06 bits per heavy atom. The van der Waals surface area contributed by atoms with E-state index in [-0.39, 0.29) is 0 Å². The van der Waals surface area contributed by atoms with Crippen LogP contribution in [0.2, 0.25) is 5.02 Å². The lowest BCUT2D eigenvalue weighted by molar-refractivity contribution is 0.0991. The number of hydrogen-bond donors (Lipinski definition) is 1. The molecule has 1 aliphatic rings. The second kappa shape index (κ2) is 11.7. The van der Waals surface area contributed by atoms with Crippen LogP contribution in [0, 0.1) is 11.8 Å². The maximum Gasteiger partial charge on any atom is 0.407 e. The minimum atomic E-state index is -0.828. The number of nitrogens with zero attached hydrogens (tertiary/aromatic N) is 3. The van der Waals surface area contributed by atoms with Crippen molar-refractivity contribution in [3.8, 4) is 28.7 Å². The summed E-state index contributed by atoms with van der Waals surface area (Å²) in [6.45, 7) is 2.55. The summed E-state index contributed by atoms with van der Waals surface area (Å²) in [5, 5.41) is 9.79. The lowest BCUT2D eigenvalue weighted by Crippen LogP contribution is -2.46. The highest BCUT2D eigenvalue weighted by Gasteiger charge is 2.24. The highest BCUT2D eigenvalue weighted by Crippen LogP contribution is 2.21. The van der Waals surface area contributed by atoms with Crippen LogP contribution in [0.4, 0.5) is 4.79 Å². The van der Waals surface area contributed by atoms with Crippen LogP contribution in [-0.2, 0) is 0 Å². The zero-order chi connectivity index (χ0) is 24.6. The van der Waals surface area contributed by atoms with Crippen molar-refractivity contribution in [2.24, 2.45) is 0 Å². The number of benzene rings is 2. The number of halogens is 1. The van der Waals surface area contributed by atoms with Gasteiger partial charge in [0, 0.05) is 48.0 Å². The maximum absolute atomic E-state index is 11.0. The Hall–Kier alpha value is -3.53. The van der Waals surface area contributed by atoms with Crippen LogP contribution in [0.25, 0.3) is 11.1 Å². The Labute approximate surface area is 211 Å². The van der Waals surface area contributed by atoms with E-state index in [0.717, 1.165) is 41.8 Å². The van der Waals surface area contributed by atoms with Crippen LogP contribution in [0.5, 0.6) is 5.75 Å². The Kier molecular flexibility index (Phi) is 8.25. The molecule has 0 aliphatic carbocycles. The third kappa shape index (κ3) is 6.98. The van der Waals surface area contributed by atoms with Gasteiger partial charge in [-0.2, -0.15) is 0 Å². The standard InChI is InChI=1S/C28H28ClN3O3/c1-31(26-14-16-32(17-15-26)28(33)34)18-19-35-27-12-3-21(4-13-27)2-10-25-11-7-23(20-30-25)22-5-8-24(29)9-6-22/h3-9,11-13,20,26H,14-19H2,1H3,(H,33,34). The molecule has 1 N–H and O–H groups in total. The van der Waals surface area contributed by atoms with Gasteiger partial charge in [0.15, 0.2) is 0 Å². The van der Waals surface area contributed by atoms with E-state index in [1.54, 1.807) is 0 Å². The van der Waals surface area contributed by atoms with Gasteiger partial charge in [0.05, 0.1) is 0 Å². The summed E-state index contributed by atoms with van der Waals surface area (Å²) < 4.78 is 5.89. The molecule has 0 spiro atoms. The molecule has 1 fully saturated rings. The van der Waals surface area contributed by atoms with Gasteiger partial charge in [0.25, 0.3) is 0 Å². The van der Waals surface area contributed by atoms with Crippen molar-refractivity contribution in [2.45, 2.75) is 18.9 Å². The van der Waals surface area contributed by atoms with Crippen LogP contribution in [0.15, 0.2) is 66.9 Å². The first-order valence-electron chi connectivity index (χ1n) is 11.6. The van der Waals surface area contributed by atoms with E-state index in [4.69, 9.17) is 21.4 Å². The van der Waals surface area contributed by atoms with Gasteiger partial charge in [0.1, 0.15) is 18.1 Å². The van der Waals surface area contributed by atoms with Crippen molar-refractivity contribution < 1.29 is 14.6 Å². The van der Waals surface area contributed by atoms with Crippen LogP contribution < -0.4 is 4.74 Å². The van der Waals surface area contributed by atoms with Crippen molar-refractivity contribution in [1.82, 2.24) is 14.8 Å². The molecular weight excluding hydrogens is 462 g/mol. The van der Waals surface area contributed by atoms with Gasteiger partial charge in [-0.05, 0) is 73.8 Å². The molecule has 1 saturated heterocycles. The summed E-state index contributed by atoms with van der Waals surface area (Å²) >= 11 is 5.95. The predicted molar refractivity (Wildman–Crippen MR) is 138 cm³/mol. The van der Waals surface area contributed by atoms with Crippen molar-refractivity contribution in [1.29, 1.82) is 0 Å². The fourth-order valence-electron chi connectivity index (χ4n) is 4.04. The maximum atomic E-state index is 11.0. The largest absolute Gasteiger partial charge is 0.492 e. The molecule has 0 saturated carbocycles. The Bertz CT molecular complexity index is 1180. The molecular formula is C28H28ClN3O3. The molecule has 1 amide bonds. The molecule has 0 atom stereocenters. The number of hydrogen-bond acceptors (Lipinski definition) is 4. The van der Waals surface area contributed by atoms with Gasteiger partial charge in [0.2, 0.25) is 0 Å². The molecule has 4 rings (SSSR count). The molecule has 2 aromatic carbocycles. The lowest BCUT2D eigenvalue weighted by Gasteiger charge is -2.35. The molecule has 35 heavy (non-hydrogen) atoms. The van der Waals surface area contributed by atoms with Crippen molar-refractivity contribution in [3.05, 3.63) is 83.1 Å². The number of amides is 1. The average Bonchev–Trinajstić information content (AvgIpc) is 2.89. The van der Waals surface area contributed by atoms with Gasteiger partial charge in [-0.3, -0.25) is 4.90 Å². The normalized spacial score (nSPS) is 13.9. The number of ether oxygens (including phenoxy) is 1. The first-order valence-corrected chi connectivity index (χ1v) is 12.0. The van der Waals surface area contributed by atoms with E-state index < -0.39 is 6.09 Å². The lowest BCUT2D eigenvalue weighted by atomic mass is 10.0. The zero-order valence-electron chi connectivity index (χ0n) is 19.7. The third-order valence-electron chi connectivity index (χ3n) is 6.20. The minimum Gasteiger partial charge on any atom is -0.492 e. The Morgan fingerprint density at radius 3 is 2.37 bits per heavy atom. The second-order valence-electron chi connectivity index (χ2n) is 8.54. The number of carboxylic acid groups (broad SMARTS) is 1. The van der Waals surface area contributed by atoms with Gasteiger partial charge in [-0.1, -0.05) is 35.7 Å². The van der Waals surface area contributed by atoms with E-state index >= 15 is 0 Å². The van der Waals surface area contributed by atoms with E-state index in [1.807, 2.05) is 66.9 Å². The molecule has 0 bridgehead atoms. The van der Waals surface area contributed by atoms with E-state index in [9.17, 15) is 4.79 Å². The zero-order valence-corrected chi connectivity index (χ0v) is 20.4. The number of likely N-dealkylation sites (N-methyl/N-ethyl adjacent to an activating group) is 1. The molecule has 6 nitrogen and oxygen atoms in total. The molecule has 0 unspecified atom stereocenters. The molecule has 1 aliphatic heterocycles. The SMILES string of the molecule is CN(CCOc1ccc(C#Cc2ccc(-c3ccc(Cl)cc3)cn2)cc1)C1CCN(C(=O)O)CC1. The molecule has 3 aromatic rings. The summed E-state index contributed by atoms with van der Waals surface area (Å²) in [6.07, 6.45) is 2.70. The average molecular weight is 490 g/mol. The van der Waals surface area contributed by atoms with E-state index in [1.165, 1.54) is 4.90 Å². The minimum absolute atomic E-state index is 0.390. The van der Waals surface area contributed by atoms with Gasteiger partial charge in [-0.15, -0.1) is 0 Å². The second-order valence-corrected chi connectivity index (χ2v) is 8.98. The van der Waals surface area contributed by atoms with Gasteiger partial charge in [-0.25, -0.2) is 9.78 Å². The van der Waals surface area contributed by atoms with E-state index in [0.29, 0.717) is 36.5 Å². The summed E-state index contributed by atoms with van der Waals surface area (Å²) in [5.41, 5.74) is 3.68. The number of rotatable bonds is 6. The van der Waals surface area contributed by atoms with Crippen LogP contribution in [0.3, 0.4) is 0 Å². The van der Waals surface area contributed by atoms with Crippen molar-refractivity contribution >= 4 is 17.7 Å². The third-order valence-corrected chi connectivity index (χ3v) is 6.45. The summed E-state index contributed by atoms with van der Waals surface area (Å²) in [4.78, 5) is 19.2. The first-order chi connectivity index (χ1) is 17.0. The summed E-state index contributed by atoms with van der Waals surface area (Å²) in [7, 11) is 2.07. The molecule has 0 radical (unpaired) electrons. The van der Waals surface area contributed by atoms with Crippen molar-refractivity contribution in [3.63, 3.8) is 0 Å². The van der Waals surface area contributed by atoms with Crippen molar-refractivity contribution in [2.75, 3.05) is 33.3 Å². The monoisotopic (exact) mass is 489 g/mol. The smallest absolute Gasteiger partial charge is 0.407 e. The number of likely N-dealkylation sites (tertiary alicyclic amines) is 1. The first kappa shape index (κ1) is 24.6. The highest BCUT2D eigenvalue weighted by molar-refractivity contribution is 6.30. The van der Waals surface area contributed by atoms with Crippen LogP contribution >= 0.6 is 11.6 Å². The Morgan fingerprint density at radius 2 is 1.74 bits per heavy atom. The number of pyridine rings is 1. The molecule has 7 heteroatoms. The molecule has 2 heterocycles. The molecule has 1 aromatic heterocycles. The number of carbonyl (C=O) groups is 1. The topological polar surface area (TPSA) is 65.9 Å². The summed E-state index contributed by atoms with van der Waals surface area (Å²) in [6, 6.07) is 19.7. The van der Waals surface area contributed by atoms with Gasteiger partial charge < -0.3 is 14.7 Å². The van der Waals surface area contributed by atoms with E-state index in [2.05, 4.69) is 28.8 Å². The van der Waals surface area contributed by atoms with Gasteiger partial charge >= 0.3 is 6.09 Å². The van der Waals surface area contributed by atoms with Crippen LogP contribution in [-0.4, -0.2) is 65.3 Å².